The van der Waals surface area contributed by atoms with E-state index >= 15 is 0 Å². The second-order valence-corrected chi connectivity index (χ2v) is 7.63. The van der Waals surface area contributed by atoms with Crippen LogP contribution in [0.2, 0.25) is 0 Å². The number of fused-ring (bicyclic) bond motifs is 4. The van der Waals surface area contributed by atoms with Crippen molar-refractivity contribution in [1.82, 2.24) is 19.6 Å². The molecule has 3 aromatic heterocycles. The summed E-state index contributed by atoms with van der Waals surface area (Å²) in [6.07, 6.45) is 3.12. The molecule has 4 aromatic rings. The average Bonchev–Trinajstić information content (AvgIpc) is 3.17. The van der Waals surface area contributed by atoms with Crippen molar-refractivity contribution in [1.29, 1.82) is 0 Å². The molecule has 1 amide bonds. The molecule has 1 aromatic carbocycles. The number of amides is 1. The second-order valence-electron chi connectivity index (χ2n) is 7.63. The number of likely N-dealkylation sites (N-methyl/N-ethyl adjacent to an activating group) is 1. The minimum Gasteiger partial charge on any atom is -0.333 e. The Kier molecular flexibility index (Phi) is 4.37. The van der Waals surface area contributed by atoms with Crippen molar-refractivity contribution < 1.29 is 18.0 Å². The SMILES string of the molecule is CN(C(=O)c1cc2cc(F)ccn2c1)C1CNCc2[nH]c(=O)c3cc(F)c(F)cc3c21. The summed E-state index contributed by atoms with van der Waals surface area (Å²) in [5.41, 5.74) is 1.45. The van der Waals surface area contributed by atoms with E-state index in [2.05, 4.69) is 10.3 Å². The fourth-order valence-electron chi connectivity index (χ4n) is 4.22. The molecule has 31 heavy (non-hydrogen) atoms. The number of benzene rings is 1. The molecule has 4 heterocycles. The summed E-state index contributed by atoms with van der Waals surface area (Å²) in [5, 5.41) is 3.44. The topological polar surface area (TPSA) is 69.6 Å². The number of rotatable bonds is 2. The molecular weight excluding hydrogens is 409 g/mol. The van der Waals surface area contributed by atoms with Gasteiger partial charge in [-0.3, -0.25) is 9.59 Å². The van der Waals surface area contributed by atoms with Gasteiger partial charge in [-0.25, -0.2) is 13.2 Å². The molecule has 0 fully saturated rings. The van der Waals surface area contributed by atoms with Gasteiger partial charge in [0.1, 0.15) is 5.82 Å². The number of aromatic nitrogens is 2. The van der Waals surface area contributed by atoms with Gasteiger partial charge in [0.2, 0.25) is 0 Å². The van der Waals surface area contributed by atoms with E-state index in [9.17, 15) is 22.8 Å². The molecule has 0 saturated carbocycles. The van der Waals surface area contributed by atoms with Crippen LogP contribution in [-0.4, -0.2) is 33.8 Å². The molecule has 0 spiro atoms. The van der Waals surface area contributed by atoms with Crippen LogP contribution >= 0.6 is 0 Å². The Bertz CT molecular complexity index is 1430. The first-order valence-electron chi connectivity index (χ1n) is 9.62. The first-order valence-corrected chi connectivity index (χ1v) is 9.62. The monoisotopic (exact) mass is 426 g/mol. The van der Waals surface area contributed by atoms with E-state index in [4.69, 9.17) is 0 Å². The lowest BCUT2D eigenvalue weighted by molar-refractivity contribution is 0.0723. The van der Waals surface area contributed by atoms with E-state index in [1.54, 1.807) is 23.7 Å². The zero-order valence-electron chi connectivity index (χ0n) is 16.4. The number of carbonyl (C=O) groups is 1. The van der Waals surface area contributed by atoms with Crippen LogP contribution in [0.1, 0.15) is 27.7 Å². The predicted molar refractivity (Wildman–Crippen MR) is 108 cm³/mol. The van der Waals surface area contributed by atoms with Crippen LogP contribution in [0.5, 0.6) is 0 Å². The number of H-pyrrole nitrogens is 1. The summed E-state index contributed by atoms with van der Waals surface area (Å²) in [6, 6.07) is 5.54. The third kappa shape index (κ3) is 3.09. The van der Waals surface area contributed by atoms with Crippen molar-refractivity contribution in [2.45, 2.75) is 12.6 Å². The van der Waals surface area contributed by atoms with Gasteiger partial charge < -0.3 is 19.6 Å². The van der Waals surface area contributed by atoms with Crippen molar-refractivity contribution in [3.63, 3.8) is 0 Å². The normalized spacial score (nSPS) is 15.9. The van der Waals surface area contributed by atoms with E-state index in [1.807, 2.05) is 0 Å². The highest BCUT2D eigenvalue weighted by Crippen LogP contribution is 2.32. The van der Waals surface area contributed by atoms with E-state index in [-0.39, 0.29) is 16.7 Å². The van der Waals surface area contributed by atoms with Crippen LogP contribution in [0, 0.1) is 17.5 Å². The Balaban J connectivity index is 1.61. The summed E-state index contributed by atoms with van der Waals surface area (Å²) in [6.45, 7) is 0.685. The highest BCUT2D eigenvalue weighted by molar-refractivity contribution is 5.96. The molecule has 5 rings (SSSR count). The Labute approximate surface area is 173 Å². The minimum absolute atomic E-state index is 0.0236. The third-order valence-corrected chi connectivity index (χ3v) is 5.75. The number of aromatic amines is 1. The van der Waals surface area contributed by atoms with Gasteiger partial charge in [-0.15, -0.1) is 0 Å². The Hall–Kier alpha value is -3.59. The number of halogens is 3. The summed E-state index contributed by atoms with van der Waals surface area (Å²) in [4.78, 5) is 29.8. The van der Waals surface area contributed by atoms with Gasteiger partial charge in [0.25, 0.3) is 11.5 Å². The van der Waals surface area contributed by atoms with E-state index in [1.165, 1.54) is 23.2 Å². The third-order valence-electron chi connectivity index (χ3n) is 5.75. The Morgan fingerprint density at radius 1 is 1.13 bits per heavy atom. The summed E-state index contributed by atoms with van der Waals surface area (Å²) < 4.78 is 42.9. The highest BCUT2D eigenvalue weighted by atomic mass is 19.2. The van der Waals surface area contributed by atoms with E-state index in [0.29, 0.717) is 35.4 Å². The van der Waals surface area contributed by atoms with Gasteiger partial charge in [-0.05, 0) is 35.7 Å². The first kappa shape index (κ1) is 19.4. The molecule has 2 N–H and O–H groups in total. The number of hydrogen-bond donors (Lipinski definition) is 2. The van der Waals surface area contributed by atoms with Crippen LogP contribution in [0.25, 0.3) is 16.3 Å². The fraction of sp³-hybridized carbons (Fsp3) is 0.182. The number of nitrogens with one attached hydrogen (secondary N) is 2. The molecule has 9 heteroatoms. The zero-order chi connectivity index (χ0) is 21.9. The van der Waals surface area contributed by atoms with Gasteiger partial charge in [-0.2, -0.15) is 0 Å². The predicted octanol–water partition coefficient (Wildman–Crippen LogP) is 3.11. The largest absolute Gasteiger partial charge is 0.333 e. The molecule has 1 atom stereocenters. The lowest BCUT2D eigenvalue weighted by atomic mass is 9.93. The molecule has 1 aliphatic heterocycles. The zero-order valence-corrected chi connectivity index (χ0v) is 16.4. The van der Waals surface area contributed by atoms with Crippen LogP contribution in [0.4, 0.5) is 13.2 Å². The fourth-order valence-corrected chi connectivity index (χ4v) is 4.22. The number of hydrogen-bond acceptors (Lipinski definition) is 3. The second kappa shape index (κ2) is 6.98. The smallest absolute Gasteiger partial charge is 0.256 e. The van der Waals surface area contributed by atoms with Crippen LogP contribution < -0.4 is 10.9 Å². The van der Waals surface area contributed by atoms with Gasteiger partial charge in [0.05, 0.1) is 17.0 Å². The Morgan fingerprint density at radius 3 is 2.65 bits per heavy atom. The lowest BCUT2D eigenvalue weighted by Gasteiger charge is -2.34. The van der Waals surface area contributed by atoms with Crippen LogP contribution in [0.3, 0.4) is 0 Å². The maximum Gasteiger partial charge on any atom is 0.256 e. The van der Waals surface area contributed by atoms with Gasteiger partial charge >= 0.3 is 0 Å². The van der Waals surface area contributed by atoms with Crippen molar-refractivity contribution >= 4 is 22.2 Å². The molecule has 158 valence electrons. The molecule has 0 aliphatic carbocycles. The van der Waals surface area contributed by atoms with Crippen molar-refractivity contribution in [2.24, 2.45) is 0 Å². The van der Waals surface area contributed by atoms with Gasteiger partial charge in [-0.1, -0.05) is 0 Å². The van der Waals surface area contributed by atoms with Gasteiger partial charge in [0, 0.05) is 49.3 Å². The quantitative estimate of drug-likeness (QED) is 0.518. The summed E-state index contributed by atoms with van der Waals surface area (Å²) in [5.74, 6) is -2.91. The molecule has 1 unspecified atom stereocenters. The first-order chi connectivity index (χ1) is 14.8. The summed E-state index contributed by atoms with van der Waals surface area (Å²) in [7, 11) is 1.60. The molecule has 1 aliphatic rings. The maximum absolute atomic E-state index is 14.0. The van der Waals surface area contributed by atoms with Crippen LogP contribution in [0.15, 0.2) is 47.5 Å². The van der Waals surface area contributed by atoms with Crippen molar-refractivity contribution in [2.75, 3.05) is 13.6 Å². The molecule has 6 nitrogen and oxygen atoms in total. The molecule has 0 radical (unpaired) electrons. The minimum atomic E-state index is -1.11. The highest BCUT2D eigenvalue weighted by Gasteiger charge is 2.31. The lowest BCUT2D eigenvalue weighted by Crippen LogP contribution is -2.42. The molecular formula is C22H17F3N4O2. The number of pyridine rings is 2. The maximum atomic E-state index is 14.0. The van der Waals surface area contributed by atoms with Crippen LogP contribution in [-0.2, 0) is 6.54 Å². The molecule has 0 bridgehead atoms. The molecule has 0 saturated heterocycles. The van der Waals surface area contributed by atoms with Gasteiger partial charge in [0.15, 0.2) is 11.6 Å². The number of carbonyl (C=O) groups excluding carboxylic acids is 1. The van der Waals surface area contributed by atoms with Crippen molar-refractivity contribution in [3.05, 3.63) is 87.4 Å². The standard InChI is InChI=1S/C22H17F3N4O2/c1-28(22(31)11-4-13-5-12(23)2-3-29(13)10-11)19-9-26-8-18-20(19)14-6-16(24)17(25)7-15(14)21(30)27-18/h2-7,10,19,26H,8-9H2,1H3,(H,27,30). The van der Waals surface area contributed by atoms with E-state index < -0.39 is 29.1 Å². The van der Waals surface area contributed by atoms with Crippen molar-refractivity contribution in [3.8, 4) is 0 Å². The summed E-state index contributed by atoms with van der Waals surface area (Å²) >= 11 is 0. The average molecular weight is 426 g/mol. The number of nitrogens with zero attached hydrogens (tertiary/aromatic N) is 2. The van der Waals surface area contributed by atoms with E-state index in [0.717, 1.165) is 12.1 Å². The Morgan fingerprint density at radius 2 is 1.87 bits per heavy atom.